The van der Waals surface area contributed by atoms with Crippen molar-refractivity contribution in [3.8, 4) is 5.75 Å². The molecular weight excluding hydrogens is 216 g/mol. The maximum Gasteiger partial charge on any atom is 0.119 e. The summed E-state index contributed by atoms with van der Waals surface area (Å²) in [7, 11) is 3.44. The van der Waals surface area contributed by atoms with E-state index in [0.29, 0.717) is 6.10 Å². The molecule has 2 N–H and O–H groups in total. The standard InChI is InChI=1S/C13H20N2O2/c1-16-11-3-4-13(14)10(7-11)8-15-6-5-12(9-15)17-2/h3-4,7,12H,5-6,8-9,14H2,1-2H3. The molecule has 1 aromatic carbocycles. The Morgan fingerprint density at radius 2 is 2.24 bits per heavy atom. The highest BCUT2D eigenvalue weighted by atomic mass is 16.5. The maximum atomic E-state index is 5.98. The number of likely N-dealkylation sites (tertiary alicyclic amines) is 1. The fourth-order valence-corrected chi connectivity index (χ4v) is 2.22. The van der Waals surface area contributed by atoms with E-state index in [4.69, 9.17) is 15.2 Å². The van der Waals surface area contributed by atoms with Crippen LogP contribution in [0.15, 0.2) is 18.2 Å². The van der Waals surface area contributed by atoms with Gasteiger partial charge in [0.05, 0.1) is 13.2 Å². The molecule has 17 heavy (non-hydrogen) atoms. The number of hydrogen-bond donors (Lipinski definition) is 1. The summed E-state index contributed by atoms with van der Waals surface area (Å²) in [6.45, 7) is 2.91. The summed E-state index contributed by atoms with van der Waals surface area (Å²) < 4.78 is 10.6. The smallest absolute Gasteiger partial charge is 0.119 e. The molecule has 94 valence electrons. The van der Waals surface area contributed by atoms with Crippen molar-refractivity contribution in [3.05, 3.63) is 23.8 Å². The number of nitrogens with zero attached hydrogens (tertiary/aromatic N) is 1. The van der Waals surface area contributed by atoms with Crippen LogP contribution in [0.3, 0.4) is 0 Å². The SMILES string of the molecule is COc1ccc(N)c(CN2CCC(OC)C2)c1. The Hall–Kier alpha value is -1.26. The first kappa shape index (κ1) is 12.2. The molecule has 1 aliphatic heterocycles. The lowest BCUT2D eigenvalue weighted by Gasteiger charge is -2.17. The van der Waals surface area contributed by atoms with Crippen LogP contribution < -0.4 is 10.5 Å². The van der Waals surface area contributed by atoms with Crippen LogP contribution in [0, 0.1) is 0 Å². The molecule has 0 radical (unpaired) electrons. The summed E-state index contributed by atoms with van der Waals surface area (Å²) in [6.07, 6.45) is 1.46. The molecule has 1 heterocycles. The van der Waals surface area contributed by atoms with E-state index in [2.05, 4.69) is 4.90 Å². The van der Waals surface area contributed by atoms with Crippen molar-refractivity contribution in [1.82, 2.24) is 4.90 Å². The normalized spacial score (nSPS) is 20.7. The van der Waals surface area contributed by atoms with Crippen molar-refractivity contribution in [3.63, 3.8) is 0 Å². The van der Waals surface area contributed by atoms with Crippen LogP contribution in [0.4, 0.5) is 5.69 Å². The van der Waals surface area contributed by atoms with E-state index in [1.165, 1.54) is 0 Å². The van der Waals surface area contributed by atoms with Gasteiger partial charge in [0.1, 0.15) is 5.75 Å². The molecule has 0 aliphatic carbocycles. The quantitative estimate of drug-likeness (QED) is 0.805. The molecule has 0 aromatic heterocycles. The molecule has 0 amide bonds. The van der Waals surface area contributed by atoms with Crippen molar-refractivity contribution in [2.24, 2.45) is 0 Å². The largest absolute Gasteiger partial charge is 0.497 e. The van der Waals surface area contributed by atoms with Crippen LogP contribution in [-0.4, -0.2) is 38.3 Å². The maximum absolute atomic E-state index is 5.98. The Balaban J connectivity index is 2.03. The zero-order valence-corrected chi connectivity index (χ0v) is 10.5. The van der Waals surface area contributed by atoms with E-state index in [1.54, 1.807) is 14.2 Å². The first-order chi connectivity index (χ1) is 8.22. The van der Waals surface area contributed by atoms with Gasteiger partial charge in [0.2, 0.25) is 0 Å². The molecule has 4 heteroatoms. The first-order valence-corrected chi connectivity index (χ1v) is 5.90. The lowest BCUT2D eigenvalue weighted by molar-refractivity contribution is 0.107. The van der Waals surface area contributed by atoms with Crippen LogP contribution in [0.25, 0.3) is 0 Å². The number of nitrogen functional groups attached to an aromatic ring is 1. The van der Waals surface area contributed by atoms with Gasteiger partial charge in [-0.05, 0) is 30.2 Å². The van der Waals surface area contributed by atoms with E-state index in [-0.39, 0.29) is 0 Å². The Labute approximate surface area is 102 Å². The highest BCUT2D eigenvalue weighted by molar-refractivity contribution is 5.50. The van der Waals surface area contributed by atoms with Crippen LogP contribution in [-0.2, 0) is 11.3 Å². The van der Waals surface area contributed by atoms with Crippen LogP contribution in [0.2, 0.25) is 0 Å². The predicted octanol–water partition coefficient (Wildman–Crippen LogP) is 1.50. The minimum Gasteiger partial charge on any atom is -0.497 e. The van der Waals surface area contributed by atoms with E-state index >= 15 is 0 Å². The number of nitrogens with two attached hydrogens (primary N) is 1. The number of rotatable bonds is 4. The Kier molecular flexibility index (Phi) is 3.86. The van der Waals surface area contributed by atoms with E-state index in [9.17, 15) is 0 Å². The summed E-state index contributed by atoms with van der Waals surface area (Å²) in [5.74, 6) is 0.858. The molecule has 0 spiro atoms. The number of benzene rings is 1. The zero-order valence-electron chi connectivity index (χ0n) is 10.5. The number of methoxy groups -OCH3 is 2. The molecule has 4 nitrogen and oxygen atoms in total. The molecule has 2 rings (SSSR count). The fourth-order valence-electron chi connectivity index (χ4n) is 2.22. The third-order valence-electron chi connectivity index (χ3n) is 3.31. The minimum absolute atomic E-state index is 0.363. The number of hydrogen-bond acceptors (Lipinski definition) is 4. The third kappa shape index (κ3) is 2.90. The van der Waals surface area contributed by atoms with Gasteiger partial charge in [-0.2, -0.15) is 0 Å². The summed E-state index contributed by atoms with van der Waals surface area (Å²) in [5, 5.41) is 0. The average Bonchev–Trinajstić information content (AvgIpc) is 2.80. The van der Waals surface area contributed by atoms with Crippen molar-refractivity contribution in [2.45, 2.75) is 19.1 Å². The van der Waals surface area contributed by atoms with Crippen LogP contribution in [0.5, 0.6) is 5.75 Å². The van der Waals surface area contributed by atoms with Crippen molar-refractivity contribution in [1.29, 1.82) is 0 Å². The van der Waals surface area contributed by atoms with Crippen molar-refractivity contribution >= 4 is 5.69 Å². The van der Waals surface area contributed by atoms with Crippen molar-refractivity contribution < 1.29 is 9.47 Å². The Bertz CT molecular complexity index is 382. The monoisotopic (exact) mass is 236 g/mol. The predicted molar refractivity (Wildman–Crippen MR) is 68.1 cm³/mol. The van der Waals surface area contributed by atoms with Gasteiger partial charge < -0.3 is 15.2 Å². The number of ether oxygens (including phenoxy) is 2. The molecule has 1 aromatic rings. The van der Waals surface area contributed by atoms with Gasteiger partial charge in [-0.25, -0.2) is 0 Å². The van der Waals surface area contributed by atoms with Gasteiger partial charge in [-0.1, -0.05) is 0 Å². The summed E-state index contributed by atoms with van der Waals surface area (Å²) in [4.78, 5) is 2.36. The lowest BCUT2D eigenvalue weighted by Crippen LogP contribution is -2.22. The van der Waals surface area contributed by atoms with Crippen molar-refractivity contribution in [2.75, 3.05) is 33.0 Å². The van der Waals surface area contributed by atoms with E-state index in [1.807, 2.05) is 18.2 Å². The highest BCUT2D eigenvalue weighted by Crippen LogP contribution is 2.23. The van der Waals surface area contributed by atoms with Gasteiger partial charge >= 0.3 is 0 Å². The molecule has 1 atom stereocenters. The number of anilines is 1. The molecule has 0 saturated carbocycles. The molecule has 0 bridgehead atoms. The summed E-state index contributed by atoms with van der Waals surface area (Å²) in [6, 6.07) is 5.80. The molecule has 1 fully saturated rings. The molecule has 1 aliphatic rings. The van der Waals surface area contributed by atoms with Gasteiger partial charge in [-0.3, -0.25) is 4.90 Å². The van der Waals surface area contributed by atoms with E-state index < -0.39 is 0 Å². The van der Waals surface area contributed by atoms with Gasteiger partial charge in [0.15, 0.2) is 0 Å². The fraction of sp³-hybridized carbons (Fsp3) is 0.538. The lowest BCUT2D eigenvalue weighted by atomic mass is 10.1. The van der Waals surface area contributed by atoms with Gasteiger partial charge in [0.25, 0.3) is 0 Å². The molecule has 1 unspecified atom stereocenters. The highest BCUT2D eigenvalue weighted by Gasteiger charge is 2.22. The summed E-state index contributed by atoms with van der Waals surface area (Å²) >= 11 is 0. The molecular formula is C13H20N2O2. The second kappa shape index (κ2) is 5.38. The minimum atomic E-state index is 0.363. The Morgan fingerprint density at radius 1 is 1.41 bits per heavy atom. The Morgan fingerprint density at radius 3 is 2.88 bits per heavy atom. The van der Waals surface area contributed by atoms with Gasteiger partial charge in [0, 0.05) is 32.4 Å². The van der Waals surface area contributed by atoms with Gasteiger partial charge in [-0.15, -0.1) is 0 Å². The second-order valence-corrected chi connectivity index (χ2v) is 4.45. The van der Waals surface area contributed by atoms with Crippen LogP contribution in [0.1, 0.15) is 12.0 Å². The topological polar surface area (TPSA) is 47.7 Å². The third-order valence-corrected chi connectivity index (χ3v) is 3.31. The average molecular weight is 236 g/mol. The summed E-state index contributed by atoms with van der Waals surface area (Å²) in [5.41, 5.74) is 7.93. The zero-order chi connectivity index (χ0) is 12.3. The first-order valence-electron chi connectivity index (χ1n) is 5.90. The second-order valence-electron chi connectivity index (χ2n) is 4.45. The van der Waals surface area contributed by atoms with Crippen LogP contribution >= 0.6 is 0 Å². The van der Waals surface area contributed by atoms with E-state index in [0.717, 1.165) is 43.1 Å². The molecule has 1 saturated heterocycles.